The summed E-state index contributed by atoms with van der Waals surface area (Å²) in [5.74, 6) is 0.405. The van der Waals surface area contributed by atoms with E-state index in [1.54, 1.807) is 19.2 Å². The zero-order valence-electron chi connectivity index (χ0n) is 16.0. The summed E-state index contributed by atoms with van der Waals surface area (Å²) >= 11 is 5.24. The molecular weight excluding hydrogens is 378 g/mol. The van der Waals surface area contributed by atoms with Gasteiger partial charge in [0.15, 0.2) is 5.11 Å². The zero-order valence-corrected chi connectivity index (χ0v) is 16.8. The number of hydrogen-bond acceptors (Lipinski definition) is 5. The predicted molar refractivity (Wildman–Crippen MR) is 112 cm³/mol. The Kier molecular flexibility index (Phi) is 7.76. The summed E-state index contributed by atoms with van der Waals surface area (Å²) in [4.78, 5) is 11.0. The van der Waals surface area contributed by atoms with Crippen LogP contribution in [0.2, 0.25) is 0 Å². The Hall–Kier alpha value is -3.13. The van der Waals surface area contributed by atoms with Gasteiger partial charge >= 0.3 is 5.97 Å². The van der Waals surface area contributed by atoms with Crippen molar-refractivity contribution < 1.29 is 19.4 Å². The Morgan fingerprint density at radius 1 is 1.14 bits per heavy atom. The van der Waals surface area contributed by atoms with Crippen LogP contribution >= 0.6 is 12.2 Å². The van der Waals surface area contributed by atoms with Crippen LogP contribution < -0.4 is 20.2 Å². The third-order valence-electron chi connectivity index (χ3n) is 3.98. The molecule has 0 amide bonds. The lowest BCUT2D eigenvalue weighted by Crippen LogP contribution is -2.32. The number of rotatable bonds is 8. The van der Waals surface area contributed by atoms with E-state index in [1.165, 1.54) is 7.11 Å². The molecule has 2 aromatic carbocycles. The zero-order chi connectivity index (χ0) is 20.5. The van der Waals surface area contributed by atoms with Gasteiger partial charge in [-0.1, -0.05) is 12.1 Å². The molecule has 148 valence electrons. The van der Waals surface area contributed by atoms with Crippen LogP contribution in [0.3, 0.4) is 0 Å². The van der Waals surface area contributed by atoms with Crippen LogP contribution in [0.1, 0.15) is 23.6 Å². The number of carbonyl (C=O) groups is 1. The van der Waals surface area contributed by atoms with Gasteiger partial charge in [0.2, 0.25) is 0 Å². The molecule has 0 unspecified atom stereocenters. The van der Waals surface area contributed by atoms with Gasteiger partial charge in [0.05, 0.1) is 26.4 Å². The van der Waals surface area contributed by atoms with Gasteiger partial charge in [0.25, 0.3) is 0 Å². The van der Waals surface area contributed by atoms with Crippen LogP contribution in [0.5, 0.6) is 11.5 Å². The van der Waals surface area contributed by atoms with Crippen molar-refractivity contribution in [2.45, 2.75) is 19.9 Å². The summed E-state index contributed by atoms with van der Waals surface area (Å²) in [6.07, 6.45) is -0.125. The highest BCUT2D eigenvalue weighted by Gasteiger charge is 2.10. The molecule has 8 heteroatoms. The summed E-state index contributed by atoms with van der Waals surface area (Å²) in [5, 5.41) is 16.8. The first-order valence-electron chi connectivity index (χ1n) is 8.53. The number of aliphatic carboxylic acids is 1. The van der Waals surface area contributed by atoms with Crippen LogP contribution in [-0.4, -0.2) is 36.1 Å². The van der Waals surface area contributed by atoms with Crippen molar-refractivity contribution in [2.75, 3.05) is 14.2 Å². The number of carboxylic acid groups (broad SMARTS) is 1. The first-order valence-corrected chi connectivity index (χ1v) is 8.94. The quantitative estimate of drug-likeness (QED) is 0.356. The van der Waals surface area contributed by atoms with E-state index in [4.69, 9.17) is 26.8 Å². The van der Waals surface area contributed by atoms with Gasteiger partial charge in [-0.05, 0) is 60.6 Å². The second-order valence-corrected chi connectivity index (χ2v) is 6.35. The molecule has 0 saturated carbocycles. The van der Waals surface area contributed by atoms with E-state index in [1.807, 2.05) is 37.3 Å². The van der Waals surface area contributed by atoms with Gasteiger partial charge in [-0.2, -0.15) is 5.10 Å². The van der Waals surface area contributed by atoms with Crippen molar-refractivity contribution in [1.82, 2.24) is 10.7 Å². The molecule has 0 aliphatic heterocycles. The minimum Gasteiger partial charge on any atom is -0.497 e. The number of hydrogen-bond donors (Lipinski definition) is 3. The largest absolute Gasteiger partial charge is 0.497 e. The summed E-state index contributed by atoms with van der Waals surface area (Å²) in [5.41, 5.74) is 5.89. The van der Waals surface area contributed by atoms with Crippen molar-refractivity contribution in [2.24, 2.45) is 5.10 Å². The van der Waals surface area contributed by atoms with Crippen molar-refractivity contribution in [1.29, 1.82) is 0 Å². The second kappa shape index (κ2) is 10.3. The number of hydrazone groups is 1. The molecule has 0 aromatic heterocycles. The van der Waals surface area contributed by atoms with Crippen LogP contribution in [0, 0.1) is 0 Å². The molecule has 2 rings (SSSR count). The van der Waals surface area contributed by atoms with Gasteiger partial charge in [-0.3, -0.25) is 10.2 Å². The third-order valence-corrected chi connectivity index (χ3v) is 4.21. The number of benzene rings is 2. The fourth-order valence-corrected chi connectivity index (χ4v) is 2.59. The Bertz CT molecular complexity index is 866. The highest BCUT2D eigenvalue weighted by Crippen LogP contribution is 2.21. The van der Waals surface area contributed by atoms with E-state index in [9.17, 15) is 4.79 Å². The summed E-state index contributed by atoms with van der Waals surface area (Å²) < 4.78 is 10.3. The smallest absolute Gasteiger partial charge is 0.307 e. The van der Waals surface area contributed by atoms with E-state index < -0.39 is 5.97 Å². The lowest BCUT2D eigenvalue weighted by atomic mass is 10.0. The number of thiocarbonyl (C=S) groups is 1. The van der Waals surface area contributed by atoms with E-state index in [-0.39, 0.29) is 6.42 Å². The maximum Gasteiger partial charge on any atom is 0.307 e. The normalized spacial score (nSPS) is 10.9. The van der Waals surface area contributed by atoms with Gasteiger partial charge in [-0.15, -0.1) is 0 Å². The summed E-state index contributed by atoms with van der Waals surface area (Å²) in [6.45, 7) is 2.36. The first-order chi connectivity index (χ1) is 13.4. The predicted octanol–water partition coefficient (Wildman–Crippen LogP) is 2.72. The number of nitrogens with zero attached hydrogens (tertiary/aromatic N) is 1. The minimum absolute atomic E-state index is 0.125. The van der Waals surface area contributed by atoms with E-state index >= 15 is 0 Å². The molecular formula is C20H23N3O4S. The van der Waals surface area contributed by atoms with Crippen molar-refractivity contribution in [3.05, 3.63) is 59.2 Å². The molecule has 3 N–H and O–H groups in total. The molecule has 0 bridgehead atoms. The lowest BCUT2D eigenvalue weighted by molar-refractivity contribution is -0.136. The topological polar surface area (TPSA) is 92.2 Å². The number of ether oxygens (including phenoxy) is 2. The lowest BCUT2D eigenvalue weighted by Gasteiger charge is -2.11. The first kappa shape index (κ1) is 21.2. The SMILES string of the molecule is COc1ccc(CNC(=S)N/N=C(/C)c2ccc(OC)c(CC(=O)O)c2)cc1. The summed E-state index contributed by atoms with van der Waals surface area (Å²) in [7, 11) is 3.13. The maximum absolute atomic E-state index is 11.0. The van der Waals surface area contributed by atoms with Crippen LogP contribution in [0.4, 0.5) is 0 Å². The Morgan fingerprint density at radius 3 is 2.46 bits per heavy atom. The van der Waals surface area contributed by atoms with Crippen LogP contribution in [0.25, 0.3) is 0 Å². The van der Waals surface area contributed by atoms with Crippen molar-refractivity contribution >= 4 is 29.0 Å². The van der Waals surface area contributed by atoms with Gasteiger partial charge in [0.1, 0.15) is 11.5 Å². The average molecular weight is 401 g/mol. The fraction of sp³-hybridized carbons (Fsp3) is 0.250. The Balaban J connectivity index is 1.96. The Labute approximate surface area is 169 Å². The van der Waals surface area contributed by atoms with Crippen LogP contribution in [0.15, 0.2) is 47.6 Å². The molecule has 28 heavy (non-hydrogen) atoms. The fourth-order valence-electron chi connectivity index (χ4n) is 2.47. The van der Waals surface area contributed by atoms with Crippen LogP contribution in [-0.2, 0) is 17.8 Å². The highest BCUT2D eigenvalue weighted by molar-refractivity contribution is 7.80. The van der Waals surface area contributed by atoms with Gasteiger partial charge in [-0.25, -0.2) is 0 Å². The minimum atomic E-state index is -0.924. The van der Waals surface area contributed by atoms with Gasteiger partial charge in [0, 0.05) is 12.1 Å². The number of methoxy groups -OCH3 is 2. The average Bonchev–Trinajstić information content (AvgIpc) is 2.70. The van der Waals surface area contributed by atoms with E-state index in [0.717, 1.165) is 16.9 Å². The molecule has 0 radical (unpaired) electrons. The van der Waals surface area contributed by atoms with E-state index in [2.05, 4.69) is 15.8 Å². The molecule has 7 nitrogen and oxygen atoms in total. The van der Waals surface area contributed by atoms with Crippen molar-refractivity contribution in [3.63, 3.8) is 0 Å². The molecule has 0 atom stereocenters. The molecule has 0 heterocycles. The molecule has 0 fully saturated rings. The number of nitrogens with one attached hydrogen (secondary N) is 2. The maximum atomic E-state index is 11.0. The van der Waals surface area contributed by atoms with Crippen molar-refractivity contribution in [3.8, 4) is 11.5 Å². The molecule has 0 aliphatic rings. The molecule has 2 aromatic rings. The number of carboxylic acids is 1. The summed E-state index contributed by atoms with van der Waals surface area (Å²) in [6, 6.07) is 13.0. The molecule has 0 aliphatic carbocycles. The second-order valence-electron chi connectivity index (χ2n) is 5.94. The van der Waals surface area contributed by atoms with Gasteiger partial charge < -0.3 is 19.9 Å². The molecule has 0 spiro atoms. The monoisotopic (exact) mass is 401 g/mol. The molecule has 0 saturated heterocycles. The Morgan fingerprint density at radius 2 is 1.86 bits per heavy atom. The highest BCUT2D eigenvalue weighted by atomic mass is 32.1. The third kappa shape index (κ3) is 6.24. The van der Waals surface area contributed by atoms with E-state index in [0.29, 0.717) is 28.7 Å². The standard InChI is InChI=1S/C20H23N3O4S/c1-13(15-6-9-18(27-3)16(10-15)11-19(24)25)22-23-20(28)21-12-14-4-7-17(26-2)8-5-14/h4-10H,11-12H2,1-3H3,(H,24,25)(H2,21,23,28)/b22-13-.